The van der Waals surface area contributed by atoms with Crippen LogP contribution in [0.2, 0.25) is 0 Å². The molecule has 4 rings (SSSR count). The fraction of sp³-hybridized carbons (Fsp3) is 0.263. The topological polar surface area (TPSA) is 21.3 Å². The molecular weight excluding hydrogens is 296 g/mol. The Hall–Kier alpha value is -2.36. The molecule has 0 radical (unpaired) electrons. The van der Waals surface area contributed by atoms with Crippen molar-refractivity contribution in [3.8, 4) is 5.75 Å². The zero-order chi connectivity index (χ0) is 16.0. The molecule has 23 heavy (non-hydrogen) atoms. The third-order valence-electron chi connectivity index (χ3n) is 4.84. The van der Waals surface area contributed by atoms with E-state index < -0.39 is 11.6 Å². The third kappa shape index (κ3) is 2.29. The lowest BCUT2D eigenvalue weighted by Crippen LogP contribution is -2.29. The number of ether oxygens (including phenoxy) is 1. The first-order valence-corrected chi connectivity index (χ1v) is 7.73. The Morgan fingerprint density at radius 3 is 2.87 bits per heavy atom. The van der Waals surface area contributed by atoms with Crippen LogP contribution in [0.25, 0.3) is 0 Å². The second-order valence-corrected chi connectivity index (χ2v) is 6.10. The van der Waals surface area contributed by atoms with Gasteiger partial charge in [0.2, 0.25) is 0 Å². The lowest BCUT2D eigenvalue weighted by molar-refractivity contribution is 0.404. The highest BCUT2D eigenvalue weighted by atomic mass is 19.1. The van der Waals surface area contributed by atoms with Crippen LogP contribution >= 0.6 is 0 Å². The SMILES string of the molecule is COc1cccc([C@@H]2Nc3c(F)cc(F)cc3[C@H]3C=CC[C@H]32)c1. The minimum absolute atomic E-state index is 0.0300. The zero-order valence-electron chi connectivity index (χ0n) is 12.7. The summed E-state index contributed by atoms with van der Waals surface area (Å²) in [5.74, 6) is -0.00536. The van der Waals surface area contributed by atoms with Gasteiger partial charge in [0.05, 0.1) is 18.8 Å². The monoisotopic (exact) mass is 313 g/mol. The van der Waals surface area contributed by atoms with E-state index in [-0.39, 0.29) is 17.9 Å². The smallest absolute Gasteiger partial charge is 0.149 e. The molecule has 2 aromatic carbocycles. The van der Waals surface area contributed by atoms with E-state index in [0.717, 1.165) is 23.8 Å². The predicted molar refractivity (Wildman–Crippen MR) is 85.7 cm³/mol. The second-order valence-electron chi connectivity index (χ2n) is 6.10. The van der Waals surface area contributed by atoms with Crippen molar-refractivity contribution in [2.75, 3.05) is 12.4 Å². The van der Waals surface area contributed by atoms with Gasteiger partial charge in [-0.15, -0.1) is 0 Å². The van der Waals surface area contributed by atoms with E-state index >= 15 is 0 Å². The number of halogens is 2. The summed E-state index contributed by atoms with van der Waals surface area (Å²) in [4.78, 5) is 0. The normalized spacial score (nSPS) is 24.7. The average Bonchev–Trinajstić information content (AvgIpc) is 3.04. The largest absolute Gasteiger partial charge is 0.497 e. The molecule has 0 saturated heterocycles. The highest BCUT2D eigenvalue weighted by Crippen LogP contribution is 2.50. The molecule has 0 aromatic heterocycles. The lowest BCUT2D eigenvalue weighted by atomic mass is 9.77. The van der Waals surface area contributed by atoms with Crippen LogP contribution < -0.4 is 10.1 Å². The van der Waals surface area contributed by atoms with Crippen molar-refractivity contribution in [3.63, 3.8) is 0 Å². The van der Waals surface area contributed by atoms with E-state index in [1.54, 1.807) is 7.11 Å². The Kier molecular flexibility index (Phi) is 3.33. The van der Waals surface area contributed by atoms with Crippen LogP contribution in [0.4, 0.5) is 14.5 Å². The summed E-state index contributed by atoms with van der Waals surface area (Å²) in [6, 6.07) is 10.2. The van der Waals surface area contributed by atoms with Gasteiger partial charge >= 0.3 is 0 Å². The van der Waals surface area contributed by atoms with Crippen LogP contribution in [0.5, 0.6) is 5.75 Å². The van der Waals surface area contributed by atoms with Gasteiger partial charge in [-0.05, 0) is 41.7 Å². The van der Waals surface area contributed by atoms with Gasteiger partial charge in [-0.25, -0.2) is 8.78 Å². The van der Waals surface area contributed by atoms with Crippen molar-refractivity contribution in [1.82, 2.24) is 0 Å². The predicted octanol–water partition coefficient (Wildman–Crippen LogP) is 4.80. The van der Waals surface area contributed by atoms with E-state index in [4.69, 9.17) is 4.74 Å². The maximum Gasteiger partial charge on any atom is 0.149 e. The number of hydrogen-bond acceptors (Lipinski definition) is 2. The number of rotatable bonds is 2. The summed E-state index contributed by atoms with van der Waals surface area (Å²) in [6.07, 6.45) is 5.05. The molecule has 2 aliphatic rings. The summed E-state index contributed by atoms with van der Waals surface area (Å²) in [6.45, 7) is 0. The molecule has 0 amide bonds. The summed E-state index contributed by atoms with van der Waals surface area (Å²) in [7, 11) is 1.63. The Labute approximate surface area is 133 Å². The Morgan fingerprint density at radius 2 is 2.04 bits per heavy atom. The summed E-state index contributed by atoms with van der Waals surface area (Å²) >= 11 is 0. The van der Waals surface area contributed by atoms with Crippen molar-refractivity contribution >= 4 is 5.69 Å². The molecule has 0 spiro atoms. The molecule has 4 heteroatoms. The molecule has 0 unspecified atom stereocenters. The van der Waals surface area contributed by atoms with E-state index in [9.17, 15) is 8.78 Å². The number of anilines is 1. The molecule has 2 nitrogen and oxygen atoms in total. The van der Waals surface area contributed by atoms with Crippen molar-refractivity contribution in [3.05, 3.63) is 71.3 Å². The molecule has 0 bridgehead atoms. The van der Waals surface area contributed by atoms with Crippen LogP contribution in [-0.4, -0.2) is 7.11 Å². The van der Waals surface area contributed by atoms with Crippen LogP contribution in [0.3, 0.4) is 0 Å². The first-order chi connectivity index (χ1) is 11.2. The molecule has 1 heterocycles. The van der Waals surface area contributed by atoms with Gasteiger partial charge in [0.15, 0.2) is 0 Å². The summed E-state index contributed by atoms with van der Waals surface area (Å²) < 4.78 is 33.2. The van der Waals surface area contributed by atoms with Crippen LogP contribution in [-0.2, 0) is 0 Å². The molecule has 118 valence electrons. The number of methoxy groups -OCH3 is 1. The number of nitrogens with one attached hydrogen (secondary N) is 1. The first-order valence-electron chi connectivity index (χ1n) is 7.73. The van der Waals surface area contributed by atoms with Crippen molar-refractivity contribution < 1.29 is 13.5 Å². The molecule has 1 N–H and O–H groups in total. The maximum atomic E-state index is 14.3. The fourth-order valence-corrected chi connectivity index (χ4v) is 3.79. The minimum Gasteiger partial charge on any atom is -0.497 e. The minimum atomic E-state index is -0.536. The Balaban J connectivity index is 1.81. The van der Waals surface area contributed by atoms with E-state index in [0.29, 0.717) is 11.3 Å². The number of hydrogen-bond donors (Lipinski definition) is 1. The van der Waals surface area contributed by atoms with Crippen molar-refractivity contribution in [2.45, 2.75) is 18.4 Å². The summed E-state index contributed by atoms with van der Waals surface area (Å²) in [5, 5.41) is 3.29. The van der Waals surface area contributed by atoms with Crippen LogP contribution in [0.1, 0.15) is 29.5 Å². The van der Waals surface area contributed by atoms with Gasteiger partial charge < -0.3 is 10.1 Å². The molecule has 0 fully saturated rings. The van der Waals surface area contributed by atoms with E-state index in [1.165, 1.54) is 6.07 Å². The van der Waals surface area contributed by atoms with Crippen molar-refractivity contribution in [1.29, 1.82) is 0 Å². The maximum absolute atomic E-state index is 14.3. The molecular formula is C19H17F2NO. The van der Waals surface area contributed by atoms with Gasteiger partial charge in [-0.2, -0.15) is 0 Å². The molecule has 1 aliphatic heterocycles. The standard InChI is InChI=1S/C19H17F2NO/c1-23-13-5-2-4-11(8-13)18-15-7-3-6-14(15)16-9-12(20)10-17(21)19(16)22-18/h2-6,8-10,14-15,18,22H,7H2,1H3/t14-,15+,18-/m0/s1. The number of allylic oxidation sites excluding steroid dienone is 2. The van der Waals surface area contributed by atoms with Gasteiger partial charge in [-0.1, -0.05) is 24.3 Å². The second kappa shape index (κ2) is 5.37. The lowest BCUT2D eigenvalue weighted by Gasteiger charge is -2.37. The Bertz CT molecular complexity index is 787. The molecule has 3 atom stereocenters. The first kappa shape index (κ1) is 14.2. The average molecular weight is 313 g/mol. The molecule has 1 aliphatic carbocycles. The van der Waals surface area contributed by atoms with E-state index in [2.05, 4.69) is 17.5 Å². The Morgan fingerprint density at radius 1 is 1.17 bits per heavy atom. The quantitative estimate of drug-likeness (QED) is 0.804. The fourth-order valence-electron chi connectivity index (χ4n) is 3.79. The van der Waals surface area contributed by atoms with E-state index in [1.807, 2.05) is 24.3 Å². The van der Waals surface area contributed by atoms with Gasteiger partial charge in [-0.3, -0.25) is 0 Å². The van der Waals surface area contributed by atoms with Gasteiger partial charge in [0.25, 0.3) is 0 Å². The number of benzene rings is 2. The van der Waals surface area contributed by atoms with Gasteiger partial charge in [0, 0.05) is 12.0 Å². The number of fused-ring (bicyclic) bond motifs is 3. The summed E-state index contributed by atoms with van der Waals surface area (Å²) in [5.41, 5.74) is 2.17. The third-order valence-corrected chi connectivity index (χ3v) is 4.84. The van der Waals surface area contributed by atoms with Crippen molar-refractivity contribution in [2.24, 2.45) is 5.92 Å². The van der Waals surface area contributed by atoms with Crippen LogP contribution in [0, 0.1) is 17.6 Å². The van der Waals surface area contributed by atoms with Gasteiger partial charge in [0.1, 0.15) is 17.4 Å². The molecule has 2 aromatic rings. The highest BCUT2D eigenvalue weighted by molar-refractivity contribution is 5.61. The zero-order valence-corrected chi connectivity index (χ0v) is 12.7. The van der Waals surface area contributed by atoms with Crippen LogP contribution in [0.15, 0.2) is 48.6 Å². The highest BCUT2D eigenvalue weighted by Gasteiger charge is 2.39. The molecule has 0 saturated carbocycles.